The standard InChI is InChI=1S/C14H14N4O2S.C12H13N5O/c1-10-2-4-12(5-3-10)21(19,20)18-7-6-13-14(18)16-9-11(8-15)17-13;1-4-13-11-9(1)17-10(7-14-11)15-16-12(17)8-2-5-18-6-3-8/h2-7,9H,8,15H2,1H3;1,4,7-8,13H,2-3,5-6H2. The van der Waals surface area contributed by atoms with Gasteiger partial charge in [0.25, 0.3) is 10.0 Å². The lowest BCUT2D eigenvalue weighted by molar-refractivity contribution is 0.0834. The zero-order valence-corrected chi connectivity index (χ0v) is 22.0. The van der Waals surface area contributed by atoms with Crippen LogP contribution < -0.4 is 5.73 Å². The van der Waals surface area contributed by atoms with Gasteiger partial charge >= 0.3 is 0 Å². The largest absolute Gasteiger partial charge is 0.381 e. The summed E-state index contributed by atoms with van der Waals surface area (Å²) in [5.74, 6) is 1.45. The van der Waals surface area contributed by atoms with Crippen LogP contribution in [-0.2, 0) is 21.3 Å². The highest BCUT2D eigenvalue weighted by atomic mass is 32.2. The van der Waals surface area contributed by atoms with Gasteiger partial charge in [0.05, 0.1) is 28.5 Å². The fraction of sp³-hybridized carbons (Fsp3) is 0.269. The summed E-state index contributed by atoms with van der Waals surface area (Å²) in [5.41, 5.74) is 10.7. The molecule has 1 aliphatic heterocycles. The maximum absolute atomic E-state index is 12.6. The van der Waals surface area contributed by atoms with Crippen LogP contribution in [0.15, 0.2) is 66.1 Å². The SMILES string of the molecule is Cc1ccc(S(=O)(=O)n2ccc3nc(CN)cnc32)cc1.c1cc2c(ncc3nnc(C4CCOCC4)n32)[nH]1. The molecule has 0 saturated carbocycles. The summed E-state index contributed by atoms with van der Waals surface area (Å²) in [5, 5.41) is 8.57. The second-order valence-corrected chi connectivity index (χ2v) is 11.1. The molecule has 39 heavy (non-hydrogen) atoms. The average molecular weight is 546 g/mol. The summed E-state index contributed by atoms with van der Waals surface area (Å²) in [6.45, 7) is 3.78. The lowest BCUT2D eigenvalue weighted by atomic mass is 9.99. The molecule has 0 atom stereocenters. The molecular weight excluding hydrogens is 518 g/mol. The number of aromatic nitrogens is 8. The monoisotopic (exact) mass is 545 g/mol. The molecule has 3 N–H and O–H groups in total. The molecule has 0 spiro atoms. The van der Waals surface area contributed by atoms with Crippen molar-refractivity contribution in [2.75, 3.05) is 13.2 Å². The number of nitrogens with one attached hydrogen (secondary N) is 1. The Kier molecular flexibility index (Phi) is 6.54. The van der Waals surface area contributed by atoms with E-state index in [9.17, 15) is 8.42 Å². The van der Waals surface area contributed by atoms with Crippen molar-refractivity contribution in [1.82, 2.24) is 38.5 Å². The van der Waals surface area contributed by atoms with Crippen LogP contribution in [0.25, 0.3) is 28.0 Å². The maximum Gasteiger partial charge on any atom is 0.269 e. The molecule has 1 aliphatic rings. The van der Waals surface area contributed by atoms with Gasteiger partial charge in [0.15, 0.2) is 16.9 Å². The fourth-order valence-corrected chi connectivity index (χ4v) is 5.96. The lowest BCUT2D eigenvalue weighted by Gasteiger charge is -2.20. The first-order valence-electron chi connectivity index (χ1n) is 12.6. The summed E-state index contributed by atoms with van der Waals surface area (Å²) in [4.78, 5) is 16.1. The third-order valence-corrected chi connectivity index (χ3v) is 8.43. The van der Waals surface area contributed by atoms with Crippen LogP contribution in [0.2, 0.25) is 0 Å². The molecular formula is C26H27N9O3S. The summed E-state index contributed by atoms with van der Waals surface area (Å²) in [7, 11) is -3.68. The van der Waals surface area contributed by atoms with Crippen molar-refractivity contribution >= 4 is 38.0 Å². The van der Waals surface area contributed by atoms with Crippen LogP contribution in [0.1, 0.15) is 35.8 Å². The molecule has 6 aromatic rings. The maximum atomic E-state index is 12.6. The molecule has 7 rings (SSSR count). The Labute approximate surface area is 223 Å². The van der Waals surface area contributed by atoms with Crippen molar-refractivity contribution in [2.45, 2.75) is 37.1 Å². The highest BCUT2D eigenvalue weighted by Crippen LogP contribution is 2.27. The normalized spacial score (nSPS) is 14.6. The van der Waals surface area contributed by atoms with Crippen molar-refractivity contribution in [1.29, 1.82) is 0 Å². The van der Waals surface area contributed by atoms with Crippen LogP contribution in [0.4, 0.5) is 0 Å². The molecule has 6 heterocycles. The van der Waals surface area contributed by atoms with Gasteiger partial charge in [-0.1, -0.05) is 17.7 Å². The van der Waals surface area contributed by atoms with E-state index in [1.807, 2.05) is 19.2 Å². The predicted octanol–water partition coefficient (Wildman–Crippen LogP) is 2.94. The van der Waals surface area contributed by atoms with E-state index in [1.165, 1.54) is 12.4 Å². The van der Waals surface area contributed by atoms with E-state index in [1.54, 1.807) is 36.5 Å². The molecule has 0 unspecified atom stereocenters. The highest BCUT2D eigenvalue weighted by molar-refractivity contribution is 7.90. The molecule has 1 saturated heterocycles. The Bertz CT molecular complexity index is 1870. The van der Waals surface area contributed by atoms with Crippen molar-refractivity contribution in [3.8, 4) is 0 Å². The second-order valence-electron chi connectivity index (χ2n) is 9.31. The van der Waals surface area contributed by atoms with Crippen molar-refractivity contribution in [3.05, 3.63) is 78.3 Å². The Morgan fingerprint density at radius 1 is 1.05 bits per heavy atom. The summed E-state index contributed by atoms with van der Waals surface area (Å²) in [6.07, 6.45) is 8.62. The smallest absolute Gasteiger partial charge is 0.269 e. The van der Waals surface area contributed by atoms with Gasteiger partial charge in [0.1, 0.15) is 11.3 Å². The second kappa shape index (κ2) is 10.2. The van der Waals surface area contributed by atoms with E-state index in [0.29, 0.717) is 22.8 Å². The Hall–Kier alpha value is -4.20. The van der Waals surface area contributed by atoms with Crippen LogP contribution in [-0.4, -0.2) is 60.1 Å². The molecule has 1 aromatic carbocycles. The highest BCUT2D eigenvalue weighted by Gasteiger charge is 2.23. The van der Waals surface area contributed by atoms with E-state index in [4.69, 9.17) is 10.5 Å². The molecule has 0 bridgehead atoms. The number of hydrogen-bond donors (Lipinski definition) is 2. The van der Waals surface area contributed by atoms with Crippen LogP contribution >= 0.6 is 0 Å². The number of ether oxygens (including phenoxy) is 1. The first-order chi connectivity index (χ1) is 19.0. The van der Waals surface area contributed by atoms with Crippen molar-refractivity contribution < 1.29 is 13.2 Å². The molecule has 200 valence electrons. The fourth-order valence-electron chi connectivity index (χ4n) is 4.66. The summed E-state index contributed by atoms with van der Waals surface area (Å²) < 4.78 is 33.9. The average Bonchev–Trinajstić information content (AvgIpc) is 3.71. The zero-order valence-electron chi connectivity index (χ0n) is 21.2. The van der Waals surface area contributed by atoms with Gasteiger partial charge in [0, 0.05) is 38.1 Å². The number of nitrogens with zero attached hydrogens (tertiary/aromatic N) is 7. The predicted molar refractivity (Wildman–Crippen MR) is 145 cm³/mol. The molecule has 1 fully saturated rings. The minimum Gasteiger partial charge on any atom is -0.381 e. The number of aromatic amines is 1. The van der Waals surface area contributed by atoms with Gasteiger partial charge in [-0.15, -0.1) is 10.2 Å². The van der Waals surface area contributed by atoms with Gasteiger partial charge in [-0.25, -0.2) is 27.3 Å². The van der Waals surface area contributed by atoms with Gasteiger partial charge in [-0.2, -0.15) is 0 Å². The number of rotatable bonds is 4. The van der Waals surface area contributed by atoms with E-state index >= 15 is 0 Å². The minimum absolute atomic E-state index is 0.218. The molecule has 0 aliphatic carbocycles. The van der Waals surface area contributed by atoms with Crippen LogP contribution in [0, 0.1) is 6.92 Å². The van der Waals surface area contributed by atoms with Crippen LogP contribution in [0.3, 0.4) is 0 Å². The van der Waals surface area contributed by atoms with E-state index < -0.39 is 10.0 Å². The molecule has 13 heteroatoms. The quantitative estimate of drug-likeness (QED) is 0.339. The first-order valence-corrected chi connectivity index (χ1v) is 14.0. The van der Waals surface area contributed by atoms with Gasteiger partial charge < -0.3 is 15.5 Å². The summed E-state index contributed by atoms with van der Waals surface area (Å²) >= 11 is 0. The molecule has 0 amide bonds. The lowest BCUT2D eigenvalue weighted by Crippen LogP contribution is -2.16. The number of benzene rings is 1. The third-order valence-electron chi connectivity index (χ3n) is 6.75. The first kappa shape index (κ1) is 25.1. The van der Waals surface area contributed by atoms with E-state index in [2.05, 4.69) is 34.5 Å². The Balaban J connectivity index is 0.000000143. The van der Waals surface area contributed by atoms with Crippen LogP contribution in [0.5, 0.6) is 0 Å². The summed E-state index contributed by atoms with van der Waals surface area (Å²) in [6, 6.07) is 10.3. The number of fused-ring (bicyclic) bond motifs is 4. The van der Waals surface area contributed by atoms with Gasteiger partial charge in [-0.05, 0) is 44.0 Å². The van der Waals surface area contributed by atoms with Crippen molar-refractivity contribution in [3.63, 3.8) is 0 Å². The minimum atomic E-state index is -3.68. The molecule has 5 aromatic heterocycles. The van der Waals surface area contributed by atoms with Gasteiger partial charge in [-0.3, -0.25) is 4.40 Å². The number of H-pyrrole nitrogens is 1. The molecule has 0 radical (unpaired) electrons. The van der Waals surface area contributed by atoms with E-state index in [-0.39, 0.29) is 11.4 Å². The van der Waals surface area contributed by atoms with Gasteiger partial charge in [0.2, 0.25) is 0 Å². The topological polar surface area (TPSA) is 159 Å². The Morgan fingerprint density at radius 2 is 1.85 bits per heavy atom. The van der Waals surface area contributed by atoms with E-state index in [0.717, 1.165) is 58.2 Å². The van der Waals surface area contributed by atoms with Crippen molar-refractivity contribution in [2.24, 2.45) is 5.73 Å². The number of nitrogens with two attached hydrogens (primary N) is 1. The molecule has 12 nitrogen and oxygen atoms in total. The number of hydrogen-bond acceptors (Lipinski definition) is 9. The zero-order chi connectivity index (χ0) is 27.0. The number of aryl methyl sites for hydroxylation is 1. The third kappa shape index (κ3) is 4.64. The Morgan fingerprint density at radius 3 is 2.62 bits per heavy atom.